The van der Waals surface area contributed by atoms with Crippen LogP contribution in [0.5, 0.6) is 0 Å². The second-order valence-corrected chi connectivity index (χ2v) is 8.05. The van der Waals surface area contributed by atoms with Gasteiger partial charge in [-0.3, -0.25) is 14.9 Å². The van der Waals surface area contributed by atoms with Crippen molar-refractivity contribution in [2.45, 2.75) is 25.9 Å². The molecule has 0 unspecified atom stereocenters. The van der Waals surface area contributed by atoms with Gasteiger partial charge in [0.25, 0.3) is 11.8 Å². The Labute approximate surface area is 182 Å². The van der Waals surface area contributed by atoms with E-state index in [-0.39, 0.29) is 24.6 Å². The average molecular weight is 434 g/mol. The molecule has 32 heavy (non-hydrogen) atoms. The molecule has 1 fully saturated rings. The predicted octanol–water partition coefficient (Wildman–Crippen LogP) is 2.79. The quantitative estimate of drug-likeness (QED) is 0.615. The number of benzene rings is 2. The molecule has 0 bridgehead atoms. The van der Waals surface area contributed by atoms with Gasteiger partial charge in [-0.25, -0.2) is 9.18 Å². The Morgan fingerprint density at radius 1 is 1.12 bits per heavy atom. The number of halogens is 1. The molecule has 5 rings (SSSR count). The van der Waals surface area contributed by atoms with Crippen LogP contribution in [0.15, 0.2) is 47.0 Å². The SMILES string of the molecule is Cc1noc(C)c1-c1ccc([C@@]2(CN3Cc4ccc(F)cc4C3=O)NC(=O)NC2=O)cc1. The van der Waals surface area contributed by atoms with Crippen LogP contribution in [-0.4, -0.2) is 34.4 Å². The second-order valence-electron chi connectivity index (χ2n) is 8.05. The van der Waals surface area contributed by atoms with Gasteiger partial charge in [-0.2, -0.15) is 0 Å². The van der Waals surface area contributed by atoms with E-state index in [9.17, 15) is 18.8 Å². The first-order valence-electron chi connectivity index (χ1n) is 10.0. The van der Waals surface area contributed by atoms with Gasteiger partial charge in [0.05, 0.1) is 12.2 Å². The molecular formula is C23H19FN4O4. The van der Waals surface area contributed by atoms with Crippen LogP contribution in [0.4, 0.5) is 9.18 Å². The fourth-order valence-electron chi connectivity index (χ4n) is 4.46. The molecule has 2 N–H and O–H groups in total. The van der Waals surface area contributed by atoms with Gasteiger partial charge >= 0.3 is 6.03 Å². The third kappa shape index (κ3) is 2.96. The number of amides is 4. The number of rotatable bonds is 4. The monoisotopic (exact) mass is 434 g/mol. The summed E-state index contributed by atoms with van der Waals surface area (Å²) in [5.74, 6) is -0.775. The lowest BCUT2D eigenvalue weighted by atomic mass is 9.88. The Hall–Kier alpha value is -4.01. The normalized spacial score (nSPS) is 19.8. The maximum atomic E-state index is 13.6. The van der Waals surface area contributed by atoms with Gasteiger partial charge in [-0.05, 0) is 42.7 Å². The van der Waals surface area contributed by atoms with E-state index in [1.807, 2.05) is 26.0 Å². The number of carbonyl (C=O) groups excluding carboxylic acids is 3. The molecule has 9 heteroatoms. The lowest BCUT2D eigenvalue weighted by Gasteiger charge is -2.31. The molecule has 0 radical (unpaired) electrons. The lowest BCUT2D eigenvalue weighted by molar-refractivity contribution is -0.124. The Morgan fingerprint density at radius 3 is 2.50 bits per heavy atom. The van der Waals surface area contributed by atoms with E-state index < -0.39 is 23.3 Å². The van der Waals surface area contributed by atoms with Gasteiger partial charge in [-0.1, -0.05) is 35.5 Å². The summed E-state index contributed by atoms with van der Waals surface area (Å²) in [7, 11) is 0. The number of nitrogens with one attached hydrogen (secondary N) is 2. The number of fused-ring (bicyclic) bond motifs is 1. The summed E-state index contributed by atoms with van der Waals surface area (Å²) in [5, 5.41) is 8.94. The summed E-state index contributed by atoms with van der Waals surface area (Å²) in [4.78, 5) is 39.3. The predicted molar refractivity (Wildman–Crippen MR) is 111 cm³/mol. The molecule has 3 heterocycles. The van der Waals surface area contributed by atoms with Crippen LogP contribution in [0.3, 0.4) is 0 Å². The number of carbonyl (C=O) groups is 3. The number of hydrogen-bond donors (Lipinski definition) is 2. The largest absolute Gasteiger partial charge is 0.361 e. The van der Waals surface area contributed by atoms with Crippen molar-refractivity contribution < 1.29 is 23.3 Å². The van der Waals surface area contributed by atoms with Crippen molar-refractivity contribution in [2.24, 2.45) is 0 Å². The number of aromatic nitrogens is 1. The van der Waals surface area contributed by atoms with Crippen LogP contribution >= 0.6 is 0 Å². The highest BCUT2D eigenvalue weighted by atomic mass is 19.1. The minimum absolute atomic E-state index is 0.0929. The standard InChI is InChI=1S/C23H19FN4O4/c1-12-19(13(2)32-27-12)14-3-6-16(7-4-14)23(21(30)25-22(31)26-23)11-28-10-15-5-8-17(24)9-18(15)20(28)29/h3-9H,10-11H2,1-2H3,(H2,25,26,30,31)/t23-/m1/s1. The molecule has 0 spiro atoms. The lowest BCUT2D eigenvalue weighted by Crippen LogP contribution is -2.52. The number of aryl methyl sites for hydroxylation is 2. The number of imide groups is 1. The third-order valence-corrected chi connectivity index (χ3v) is 6.02. The van der Waals surface area contributed by atoms with Crippen molar-refractivity contribution in [1.29, 1.82) is 0 Å². The molecule has 2 aliphatic heterocycles. The Bertz CT molecular complexity index is 1260. The Kier molecular flexibility index (Phi) is 4.37. The van der Waals surface area contributed by atoms with Crippen molar-refractivity contribution >= 4 is 17.8 Å². The summed E-state index contributed by atoms with van der Waals surface area (Å²) in [5.41, 5.74) is 2.44. The zero-order valence-corrected chi connectivity index (χ0v) is 17.4. The van der Waals surface area contributed by atoms with Gasteiger partial charge in [0.1, 0.15) is 11.6 Å². The topological polar surface area (TPSA) is 105 Å². The smallest absolute Gasteiger partial charge is 0.322 e. The van der Waals surface area contributed by atoms with Crippen LogP contribution in [-0.2, 0) is 16.9 Å². The van der Waals surface area contributed by atoms with Gasteiger partial charge in [-0.15, -0.1) is 0 Å². The first-order chi connectivity index (χ1) is 15.3. The summed E-state index contributed by atoms with van der Waals surface area (Å²) < 4.78 is 18.9. The third-order valence-electron chi connectivity index (χ3n) is 6.02. The Balaban J connectivity index is 1.51. The minimum Gasteiger partial charge on any atom is -0.361 e. The molecule has 162 valence electrons. The van der Waals surface area contributed by atoms with Crippen LogP contribution in [0.1, 0.15) is 32.9 Å². The molecule has 3 aromatic rings. The van der Waals surface area contributed by atoms with E-state index in [0.717, 1.165) is 16.8 Å². The molecule has 1 aromatic heterocycles. The summed E-state index contributed by atoms with van der Waals surface area (Å²) in [6.45, 7) is 3.78. The van der Waals surface area contributed by atoms with Crippen LogP contribution in [0.25, 0.3) is 11.1 Å². The molecular weight excluding hydrogens is 415 g/mol. The van der Waals surface area contributed by atoms with Gasteiger partial charge in [0.2, 0.25) is 0 Å². The molecule has 4 amide bonds. The molecule has 2 aromatic carbocycles. The van der Waals surface area contributed by atoms with Crippen LogP contribution in [0, 0.1) is 19.7 Å². The first kappa shape index (κ1) is 19.9. The highest BCUT2D eigenvalue weighted by Crippen LogP contribution is 2.33. The highest BCUT2D eigenvalue weighted by molar-refractivity contribution is 6.08. The second kappa shape index (κ2) is 7.01. The van der Waals surface area contributed by atoms with Gasteiger partial charge in [0.15, 0.2) is 5.54 Å². The van der Waals surface area contributed by atoms with E-state index in [1.165, 1.54) is 17.0 Å². The fourth-order valence-corrected chi connectivity index (χ4v) is 4.46. The average Bonchev–Trinajstić information content (AvgIpc) is 3.36. The fraction of sp³-hybridized carbons (Fsp3) is 0.217. The first-order valence-corrected chi connectivity index (χ1v) is 10.0. The van der Waals surface area contributed by atoms with Gasteiger partial charge < -0.3 is 14.7 Å². The van der Waals surface area contributed by atoms with E-state index in [0.29, 0.717) is 16.9 Å². The summed E-state index contributed by atoms with van der Waals surface area (Å²) >= 11 is 0. The van der Waals surface area contributed by atoms with Gasteiger partial charge in [0, 0.05) is 17.7 Å². The molecule has 8 nitrogen and oxygen atoms in total. The maximum absolute atomic E-state index is 13.6. The summed E-state index contributed by atoms with van der Waals surface area (Å²) in [6.07, 6.45) is 0. The number of urea groups is 1. The van der Waals surface area contributed by atoms with Crippen molar-refractivity contribution in [2.75, 3.05) is 6.54 Å². The zero-order valence-electron chi connectivity index (χ0n) is 17.4. The summed E-state index contributed by atoms with van der Waals surface area (Å²) in [6, 6.07) is 10.5. The van der Waals surface area contributed by atoms with Crippen molar-refractivity contribution in [3.63, 3.8) is 0 Å². The van der Waals surface area contributed by atoms with E-state index >= 15 is 0 Å². The molecule has 1 saturated heterocycles. The molecule has 2 aliphatic rings. The van der Waals surface area contributed by atoms with Crippen molar-refractivity contribution in [3.05, 3.63) is 76.4 Å². The molecule has 0 aliphatic carbocycles. The van der Waals surface area contributed by atoms with E-state index in [1.54, 1.807) is 18.2 Å². The van der Waals surface area contributed by atoms with E-state index in [4.69, 9.17) is 4.52 Å². The van der Waals surface area contributed by atoms with Crippen LogP contribution in [0.2, 0.25) is 0 Å². The van der Waals surface area contributed by atoms with Crippen molar-refractivity contribution in [3.8, 4) is 11.1 Å². The maximum Gasteiger partial charge on any atom is 0.322 e. The van der Waals surface area contributed by atoms with Crippen molar-refractivity contribution in [1.82, 2.24) is 20.7 Å². The number of nitrogens with zero attached hydrogens (tertiary/aromatic N) is 2. The zero-order chi connectivity index (χ0) is 22.6. The Morgan fingerprint density at radius 2 is 1.88 bits per heavy atom. The minimum atomic E-state index is -1.47. The number of hydrogen-bond acceptors (Lipinski definition) is 5. The van der Waals surface area contributed by atoms with Crippen LogP contribution < -0.4 is 10.6 Å². The van der Waals surface area contributed by atoms with E-state index in [2.05, 4.69) is 15.8 Å². The molecule has 0 saturated carbocycles. The highest BCUT2D eigenvalue weighted by Gasteiger charge is 2.50. The molecule has 1 atom stereocenters.